The Labute approximate surface area is 133 Å². The predicted octanol–water partition coefficient (Wildman–Crippen LogP) is 1.34. The lowest BCUT2D eigenvalue weighted by atomic mass is 9.97. The standard InChI is InChI=1S/C15H10F3N3O3/c16-15(17,18)12-7(5-19)1-2-8-6-21(14(24)11(8)12)9-3-4-10(22)20-13(9)23/h1-2,9H,3-4,6H2,(H,20,22,23). The summed E-state index contributed by atoms with van der Waals surface area (Å²) < 4.78 is 39.9. The van der Waals surface area contributed by atoms with Gasteiger partial charge in [-0.3, -0.25) is 19.7 Å². The number of hydrogen-bond donors (Lipinski definition) is 1. The van der Waals surface area contributed by atoms with Crippen molar-refractivity contribution in [2.75, 3.05) is 0 Å². The summed E-state index contributed by atoms with van der Waals surface area (Å²) in [6.45, 7) is -0.171. The molecule has 2 heterocycles. The largest absolute Gasteiger partial charge is 0.418 e. The number of halogens is 3. The van der Waals surface area contributed by atoms with Crippen LogP contribution < -0.4 is 5.32 Å². The van der Waals surface area contributed by atoms with Gasteiger partial charge >= 0.3 is 6.18 Å². The molecule has 1 aromatic carbocycles. The zero-order chi connectivity index (χ0) is 17.6. The van der Waals surface area contributed by atoms with E-state index in [2.05, 4.69) is 5.32 Å². The fourth-order valence-electron chi connectivity index (χ4n) is 3.04. The van der Waals surface area contributed by atoms with Crippen LogP contribution in [0.15, 0.2) is 12.1 Å². The molecule has 1 N–H and O–H groups in total. The number of fused-ring (bicyclic) bond motifs is 1. The molecule has 124 valence electrons. The van der Waals surface area contributed by atoms with Gasteiger partial charge in [-0.1, -0.05) is 6.07 Å². The lowest BCUT2D eigenvalue weighted by Crippen LogP contribution is -2.52. The zero-order valence-electron chi connectivity index (χ0n) is 12.1. The Morgan fingerprint density at radius 3 is 2.54 bits per heavy atom. The summed E-state index contributed by atoms with van der Waals surface area (Å²) in [6, 6.07) is 2.74. The van der Waals surface area contributed by atoms with Crippen LogP contribution in [0.4, 0.5) is 13.2 Å². The number of piperidine rings is 1. The van der Waals surface area contributed by atoms with Crippen molar-refractivity contribution in [3.8, 4) is 6.07 Å². The highest BCUT2D eigenvalue weighted by atomic mass is 19.4. The second-order valence-corrected chi connectivity index (χ2v) is 5.53. The normalized spacial score (nSPS) is 20.7. The summed E-state index contributed by atoms with van der Waals surface area (Å²) in [5.41, 5.74) is -2.40. The van der Waals surface area contributed by atoms with Crippen LogP contribution in [0.1, 0.15) is 39.9 Å². The molecule has 1 atom stereocenters. The van der Waals surface area contributed by atoms with Crippen molar-refractivity contribution in [2.45, 2.75) is 31.6 Å². The molecule has 9 heteroatoms. The average Bonchev–Trinajstić information content (AvgIpc) is 2.82. The molecule has 3 rings (SSSR count). The van der Waals surface area contributed by atoms with Gasteiger partial charge in [0.25, 0.3) is 5.91 Å². The van der Waals surface area contributed by atoms with Crippen molar-refractivity contribution in [1.29, 1.82) is 5.26 Å². The van der Waals surface area contributed by atoms with Crippen LogP contribution in [0.2, 0.25) is 0 Å². The van der Waals surface area contributed by atoms with Crippen molar-refractivity contribution in [3.05, 3.63) is 34.4 Å². The van der Waals surface area contributed by atoms with E-state index in [1.54, 1.807) is 0 Å². The zero-order valence-corrected chi connectivity index (χ0v) is 12.1. The van der Waals surface area contributed by atoms with E-state index in [-0.39, 0.29) is 24.9 Å². The lowest BCUT2D eigenvalue weighted by Gasteiger charge is -2.29. The first-order valence-corrected chi connectivity index (χ1v) is 7.02. The van der Waals surface area contributed by atoms with Crippen LogP contribution in [-0.2, 0) is 22.3 Å². The molecule has 1 saturated heterocycles. The molecular weight excluding hydrogens is 327 g/mol. The summed E-state index contributed by atoms with van der Waals surface area (Å²) in [7, 11) is 0. The van der Waals surface area contributed by atoms with E-state index < -0.39 is 46.6 Å². The molecule has 2 aliphatic heterocycles. The molecule has 1 fully saturated rings. The maximum Gasteiger partial charge on any atom is 0.418 e. The van der Waals surface area contributed by atoms with Gasteiger partial charge in [-0.25, -0.2) is 0 Å². The SMILES string of the molecule is N#Cc1ccc2c(c1C(F)(F)F)C(=O)N(C1CCC(=O)NC1=O)C2. The Bertz CT molecular complexity index is 811. The number of hydrogen-bond acceptors (Lipinski definition) is 4. The smallest absolute Gasteiger partial charge is 0.322 e. The van der Waals surface area contributed by atoms with Crippen LogP contribution in [0.3, 0.4) is 0 Å². The molecule has 6 nitrogen and oxygen atoms in total. The quantitative estimate of drug-likeness (QED) is 0.783. The molecule has 0 spiro atoms. The van der Waals surface area contributed by atoms with Gasteiger partial charge in [0.15, 0.2) is 0 Å². The van der Waals surface area contributed by atoms with Crippen LogP contribution in [0.25, 0.3) is 0 Å². The summed E-state index contributed by atoms with van der Waals surface area (Å²) in [5.74, 6) is -2.14. The summed E-state index contributed by atoms with van der Waals surface area (Å²) in [4.78, 5) is 36.6. The van der Waals surface area contributed by atoms with E-state index in [1.165, 1.54) is 12.1 Å². The van der Waals surface area contributed by atoms with Gasteiger partial charge < -0.3 is 4.90 Å². The van der Waals surface area contributed by atoms with Crippen LogP contribution in [-0.4, -0.2) is 28.7 Å². The number of imide groups is 1. The number of nitriles is 1. The molecule has 0 radical (unpaired) electrons. The van der Waals surface area contributed by atoms with Gasteiger partial charge in [0.05, 0.1) is 22.8 Å². The average molecular weight is 337 g/mol. The Morgan fingerprint density at radius 1 is 1.25 bits per heavy atom. The summed E-state index contributed by atoms with van der Waals surface area (Å²) in [5, 5.41) is 11.0. The number of alkyl halides is 3. The molecule has 0 aliphatic carbocycles. The highest BCUT2D eigenvalue weighted by Crippen LogP contribution is 2.40. The van der Waals surface area contributed by atoms with Crippen LogP contribution in [0, 0.1) is 11.3 Å². The number of carbonyl (C=O) groups excluding carboxylic acids is 3. The highest BCUT2D eigenvalue weighted by molar-refractivity contribution is 6.06. The molecule has 2 aliphatic rings. The van der Waals surface area contributed by atoms with Crippen molar-refractivity contribution in [2.24, 2.45) is 0 Å². The number of amides is 3. The van der Waals surface area contributed by atoms with E-state index in [0.29, 0.717) is 0 Å². The Balaban J connectivity index is 2.04. The fourth-order valence-corrected chi connectivity index (χ4v) is 3.04. The van der Waals surface area contributed by atoms with Crippen LogP contribution >= 0.6 is 0 Å². The number of benzene rings is 1. The van der Waals surface area contributed by atoms with E-state index in [4.69, 9.17) is 5.26 Å². The lowest BCUT2D eigenvalue weighted by molar-refractivity contribution is -0.138. The predicted molar refractivity (Wildman–Crippen MR) is 72.2 cm³/mol. The molecule has 24 heavy (non-hydrogen) atoms. The van der Waals surface area contributed by atoms with Gasteiger partial charge in [0, 0.05) is 13.0 Å². The van der Waals surface area contributed by atoms with E-state index in [9.17, 15) is 27.6 Å². The van der Waals surface area contributed by atoms with Crippen LogP contribution in [0.5, 0.6) is 0 Å². The third-order valence-electron chi connectivity index (χ3n) is 4.10. The molecular formula is C15H10F3N3O3. The molecule has 3 amide bonds. The summed E-state index contributed by atoms with van der Waals surface area (Å²) in [6.07, 6.45) is -4.81. The Morgan fingerprint density at radius 2 is 1.96 bits per heavy atom. The van der Waals surface area contributed by atoms with E-state index >= 15 is 0 Å². The third kappa shape index (κ3) is 2.40. The topological polar surface area (TPSA) is 90.3 Å². The number of nitrogens with one attached hydrogen (secondary N) is 1. The Hall–Kier alpha value is -2.89. The monoisotopic (exact) mass is 337 g/mol. The molecule has 0 saturated carbocycles. The highest BCUT2D eigenvalue weighted by Gasteiger charge is 2.46. The summed E-state index contributed by atoms with van der Waals surface area (Å²) >= 11 is 0. The van der Waals surface area contributed by atoms with Crippen molar-refractivity contribution >= 4 is 17.7 Å². The molecule has 1 aromatic rings. The van der Waals surface area contributed by atoms with Crippen molar-refractivity contribution in [1.82, 2.24) is 10.2 Å². The minimum atomic E-state index is -4.87. The molecule has 1 unspecified atom stereocenters. The minimum absolute atomic E-state index is 0.00606. The Kier molecular flexibility index (Phi) is 3.55. The van der Waals surface area contributed by atoms with Gasteiger partial charge in [0.2, 0.25) is 11.8 Å². The number of rotatable bonds is 1. The maximum absolute atomic E-state index is 13.3. The van der Waals surface area contributed by atoms with Crippen molar-refractivity contribution < 1.29 is 27.6 Å². The first-order valence-electron chi connectivity index (χ1n) is 7.02. The number of carbonyl (C=O) groups is 3. The maximum atomic E-state index is 13.3. The molecule has 0 bridgehead atoms. The first kappa shape index (κ1) is 16.0. The minimum Gasteiger partial charge on any atom is -0.322 e. The molecule has 0 aromatic heterocycles. The second kappa shape index (κ2) is 5.33. The first-order chi connectivity index (χ1) is 11.2. The van der Waals surface area contributed by atoms with E-state index in [1.807, 2.05) is 0 Å². The fraction of sp³-hybridized carbons (Fsp3) is 0.333. The number of nitrogens with zero attached hydrogens (tertiary/aromatic N) is 2. The third-order valence-corrected chi connectivity index (χ3v) is 4.10. The van der Waals surface area contributed by atoms with Gasteiger partial charge in [0.1, 0.15) is 6.04 Å². The van der Waals surface area contributed by atoms with Gasteiger partial charge in [-0.05, 0) is 18.1 Å². The van der Waals surface area contributed by atoms with Gasteiger partial charge in [-0.15, -0.1) is 0 Å². The van der Waals surface area contributed by atoms with Crippen molar-refractivity contribution in [3.63, 3.8) is 0 Å². The van der Waals surface area contributed by atoms with E-state index in [0.717, 1.165) is 11.0 Å². The van der Waals surface area contributed by atoms with Gasteiger partial charge in [-0.2, -0.15) is 18.4 Å². The second-order valence-electron chi connectivity index (χ2n) is 5.53.